The highest BCUT2D eigenvalue weighted by molar-refractivity contribution is 4.90. The summed E-state index contributed by atoms with van der Waals surface area (Å²) < 4.78 is 15.7. The predicted molar refractivity (Wildman–Crippen MR) is 39.5 cm³/mol. The molecule has 0 aliphatic carbocycles. The Labute approximate surface area is 66.6 Å². The third-order valence-corrected chi connectivity index (χ3v) is 2.27. The summed E-state index contributed by atoms with van der Waals surface area (Å²) in [6.07, 6.45) is 1.43. The van der Waals surface area contributed by atoms with Crippen molar-refractivity contribution in [3.05, 3.63) is 0 Å². The second kappa shape index (κ2) is 2.73. The first kappa shape index (κ1) is 7.53. The van der Waals surface area contributed by atoms with E-state index < -0.39 is 0 Å². The van der Waals surface area contributed by atoms with Crippen LogP contribution in [0.15, 0.2) is 0 Å². The molecule has 64 valence electrons. The van der Waals surface area contributed by atoms with Crippen molar-refractivity contribution in [3.8, 4) is 0 Å². The van der Waals surface area contributed by atoms with Crippen LogP contribution in [0.2, 0.25) is 0 Å². The average molecular weight is 158 g/mol. The first-order chi connectivity index (χ1) is 5.35. The van der Waals surface area contributed by atoms with E-state index in [1.165, 1.54) is 0 Å². The molecule has 3 heteroatoms. The van der Waals surface area contributed by atoms with Crippen molar-refractivity contribution in [2.45, 2.75) is 25.0 Å². The van der Waals surface area contributed by atoms with Crippen LogP contribution in [0, 0.1) is 0 Å². The van der Waals surface area contributed by atoms with Gasteiger partial charge < -0.3 is 14.2 Å². The normalized spacial score (nSPS) is 40.6. The van der Waals surface area contributed by atoms with Crippen LogP contribution in [0.5, 0.6) is 0 Å². The van der Waals surface area contributed by atoms with Crippen molar-refractivity contribution in [1.29, 1.82) is 0 Å². The molecule has 0 saturated carbocycles. The first-order valence-electron chi connectivity index (χ1n) is 4.18. The summed E-state index contributed by atoms with van der Waals surface area (Å²) in [5.41, 5.74) is 0.0783. The van der Waals surface area contributed by atoms with Gasteiger partial charge in [-0.3, -0.25) is 0 Å². The van der Waals surface area contributed by atoms with E-state index in [9.17, 15) is 0 Å². The fourth-order valence-electron chi connectivity index (χ4n) is 1.03. The molecule has 2 fully saturated rings. The van der Waals surface area contributed by atoms with Crippen molar-refractivity contribution >= 4 is 0 Å². The van der Waals surface area contributed by atoms with Gasteiger partial charge in [-0.1, -0.05) is 6.92 Å². The van der Waals surface area contributed by atoms with Gasteiger partial charge in [-0.05, 0) is 6.42 Å². The molecule has 2 atom stereocenters. The number of rotatable bonds is 5. The van der Waals surface area contributed by atoms with Crippen LogP contribution in [0.25, 0.3) is 0 Å². The summed E-state index contributed by atoms with van der Waals surface area (Å²) in [6.45, 7) is 5.35. The molecule has 0 N–H and O–H groups in total. The minimum absolute atomic E-state index is 0.0783. The predicted octanol–water partition coefficient (Wildman–Crippen LogP) is 0.581. The van der Waals surface area contributed by atoms with Crippen LogP contribution in [0.1, 0.15) is 13.3 Å². The third kappa shape index (κ3) is 1.92. The average Bonchev–Trinajstić information content (AvgIpc) is 2.80. The molecular weight excluding hydrogens is 144 g/mol. The number of epoxide rings is 2. The molecule has 0 aromatic heterocycles. The minimum atomic E-state index is 0.0783. The van der Waals surface area contributed by atoms with Gasteiger partial charge in [-0.2, -0.15) is 0 Å². The van der Waals surface area contributed by atoms with Gasteiger partial charge in [0.1, 0.15) is 11.7 Å². The number of hydrogen-bond donors (Lipinski definition) is 0. The molecule has 3 nitrogen and oxygen atoms in total. The molecule has 2 saturated heterocycles. The molecule has 11 heavy (non-hydrogen) atoms. The molecule has 2 aliphatic rings. The highest BCUT2D eigenvalue weighted by Crippen LogP contribution is 2.30. The molecule has 2 aliphatic heterocycles. The highest BCUT2D eigenvalue weighted by atomic mass is 16.6. The SMILES string of the molecule is CCC1(COCC2CO2)CO1. The van der Waals surface area contributed by atoms with Crippen molar-refractivity contribution in [2.75, 3.05) is 26.4 Å². The summed E-state index contributed by atoms with van der Waals surface area (Å²) >= 11 is 0. The smallest absolute Gasteiger partial charge is 0.115 e. The van der Waals surface area contributed by atoms with Gasteiger partial charge in [0.15, 0.2) is 0 Å². The van der Waals surface area contributed by atoms with Crippen LogP contribution in [0.4, 0.5) is 0 Å². The lowest BCUT2D eigenvalue weighted by atomic mass is 10.1. The van der Waals surface area contributed by atoms with Crippen molar-refractivity contribution in [3.63, 3.8) is 0 Å². The molecule has 0 aromatic carbocycles. The maximum absolute atomic E-state index is 5.43. The Hall–Kier alpha value is -0.120. The van der Waals surface area contributed by atoms with Gasteiger partial charge >= 0.3 is 0 Å². The van der Waals surface area contributed by atoms with Gasteiger partial charge in [0.2, 0.25) is 0 Å². The topological polar surface area (TPSA) is 34.3 Å². The van der Waals surface area contributed by atoms with Crippen molar-refractivity contribution in [2.24, 2.45) is 0 Å². The second-order valence-corrected chi connectivity index (χ2v) is 3.30. The van der Waals surface area contributed by atoms with Gasteiger partial charge in [0.25, 0.3) is 0 Å². The maximum Gasteiger partial charge on any atom is 0.115 e. The van der Waals surface area contributed by atoms with Crippen molar-refractivity contribution in [1.82, 2.24) is 0 Å². The van der Waals surface area contributed by atoms with E-state index in [2.05, 4.69) is 6.92 Å². The van der Waals surface area contributed by atoms with Crippen LogP contribution in [-0.4, -0.2) is 38.1 Å². The van der Waals surface area contributed by atoms with Crippen LogP contribution in [-0.2, 0) is 14.2 Å². The van der Waals surface area contributed by atoms with E-state index >= 15 is 0 Å². The van der Waals surface area contributed by atoms with E-state index in [0.717, 1.165) is 32.8 Å². The van der Waals surface area contributed by atoms with Crippen LogP contribution >= 0.6 is 0 Å². The lowest BCUT2D eigenvalue weighted by Crippen LogP contribution is -2.19. The van der Waals surface area contributed by atoms with E-state index in [4.69, 9.17) is 14.2 Å². The summed E-state index contributed by atoms with van der Waals surface area (Å²) in [7, 11) is 0. The maximum atomic E-state index is 5.43. The fraction of sp³-hybridized carbons (Fsp3) is 1.00. The number of ether oxygens (including phenoxy) is 3. The molecule has 0 aromatic rings. The highest BCUT2D eigenvalue weighted by Gasteiger charge is 2.43. The molecule has 0 bridgehead atoms. The van der Waals surface area contributed by atoms with E-state index in [0.29, 0.717) is 6.10 Å². The lowest BCUT2D eigenvalue weighted by molar-refractivity contribution is 0.0666. The minimum Gasteiger partial charge on any atom is -0.376 e. The molecule has 0 spiro atoms. The Morgan fingerprint density at radius 3 is 2.82 bits per heavy atom. The van der Waals surface area contributed by atoms with E-state index in [-0.39, 0.29) is 5.60 Å². The van der Waals surface area contributed by atoms with E-state index in [1.807, 2.05) is 0 Å². The molecular formula is C8H14O3. The van der Waals surface area contributed by atoms with Crippen LogP contribution in [0.3, 0.4) is 0 Å². The Balaban J connectivity index is 1.58. The van der Waals surface area contributed by atoms with Gasteiger partial charge in [-0.25, -0.2) is 0 Å². The van der Waals surface area contributed by atoms with E-state index in [1.54, 1.807) is 0 Å². The molecule has 2 unspecified atom stereocenters. The fourth-order valence-corrected chi connectivity index (χ4v) is 1.03. The summed E-state index contributed by atoms with van der Waals surface area (Å²) in [5, 5.41) is 0. The second-order valence-electron chi connectivity index (χ2n) is 3.30. The Kier molecular flexibility index (Phi) is 1.87. The lowest BCUT2D eigenvalue weighted by Gasteiger charge is -2.07. The standard InChI is InChI=1S/C8H14O3/c1-2-8(6-11-8)5-9-3-7-4-10-7/h7H,2-6H2,1H3. The molecule has 2 rings (SSSR count). The van der Waals surface area contributed by atoms with Gasteiger partial charge in [-0.15, -0.1) is 0 Å². The zero-order valence-electron chi connectivity index (χ0n) is 6.84. The Morgan fingerprint density at radius 1 is 1.64 bits per heavy atom. The third-order valence-electron chi connectivity index (χ3n) is 2.27. The summed E-state index contributed by atoms with van der Waals surface area (Å²) in [4.78, 5) is 0. The molecule has 0 radical (unpaired) electrons. The zero-order chi connectivity index (χ0) is 7.73. The quantitative estimate of drug-likeness (QED) is 0.549. The van der Waals surface area contributed by atoms with Gasteiger partial charge in [0, 0.05) is 0 Å². The monoisotopic (exact) mass is 158 g/mol. The summed E-state index contributed by atoms with van der Waals surface area (Å²) in [5.74, 6) is 0. The Morgan fingerprint density at radius 2 is 2.36 bits per heavy atom. The zero-order valence-corrected chi connectivity index (χ0v) is 6.84. The van der Waals surface area contributed by atoms with Gasteiger partial charge in [0.05, 0.1) is 26.4 Å². The molecule has 2 heterocycles. The van der Waals surface area contributed by atoms with Crippen LogP contribution < -0.4 is 0 Å². The summed E-state index contributed by atoms with van der Waals surface area (Å²) in [6, 6.07) is 0. The first-order valence-corrected chi connectivity index (χ1v) is 4.18. The molecule has 0 amide bonds. The largest absolute Gasteiger partial charge is 0.376 e. The number of hydrogen-bond acceptors (Lipinski definition) is 3. The van der Waals surface area contributed by atoms with Crippen molar-refractivity contribution < 1.29 is 14.2 Å². The Bertz CT molecular complexity index is 138.